The van der Waals surface area contributed by atoms with Gasteiger partial charge in [0.05, 0.1) is 13.0 Å². The Bertz CT molecular complexity index is 873. The number of nitrogens with zero attached hydrogens (tertiary/aromatic N) is 1. The second-order valence-electron chi connectivity index (χ2n) is 7.38. The van der Waals surface area contributed by atoms with Crippen LogP contribution in [0.4, 0.5) is 0 Å². The van der Waals surface area contributed by atoms with Crippen molar-refractivity contribution in [1.82, 2.24) is 15.5 Å². The number of hydrogen-bond donors (Lipinski definition) is 6. The first-order valence-electron chi connectivity index (χ1n) is 9.95. The summed E-state index contributed by atoms with van der Waals surface area (Å²) in [6, 6.07) is 2.16. The van der Waals surface area contributed by atoms with Gasteiger partial charge in [0.25, 0.3) is 0 Å². The van der Waals surface area contributed by atoms with Gasteiger partial charge in [0.1, 0.15) is 23.9 Å². The number of amides is 3. The summed E-state index contributed by atoms with van der Waals surface area (Å²) < 4.78 is 0. The molecule has 3 atom stereocenters. The van der Waals surface area contributed by atoms with Gasteiger partial charge >= 0.3 is 11.9 Å². The second kappa shape index (κ2) is 11.1. The highest BCUT2D eigenvalue weighted by atomic mass is 16.4. The van der Waals surface area contributed by atoms with Gasteiger partial charge in [0.2, 0.25) is 17.7 Å². The predicted octanol–water partition coefficient (Wildman–Crippen LogP) is -1.59. The van der Waals surface area contributed by atoms with Crippen molar-refractivity contribution in [3.8, 4) is 5.75 Å². The van der Waals surface area contributed by atoms with Crippen LogP contribution in [0.3, 0.4) is 0 Å². The van der Waals surface area contributed by atoms with Gasteiger partial charge in [-0.25, -0.2) is 4.79 Å². The number of aliphatic carboxylic acids is 2. The van der Waals surface area contributed by atoms with Crippen LogP contribution < -0.4 is 16.4 Å². The van der Waals surface area contributed by atoms with E-state index in [0.29, 0.717) is 12.0 Å². The van der Waals surface area contributed by atoms with Crippen molar-refractivity contribution >= 4 is 29.7 Å². The third-order valence-corrected chi connectivity index (χ3v) is 5.03. The maximum absolute atomic E-state index is 12.9. The number of nitrogens with two attached hydrogens (primary N) is 1. The Morgan fingerprint density at radius 3 is 2.28 bits per heavy atom. The van der Waals surface area contributed by atoms with Crippen LogP contribution >= 0.6 is 0 Å². The number of carboxylic acids is 2. The van der Waals surface area contributed by atoms with Crippen molar-refractivity contribution in [2.45, 2.75) is 43.8 Å². The average molecular weight is 450 g/mol. The van der Waals surface area contributed by atoms with Crippen molar-refractivity contribution < 1.29 is 39.3 Å². The molecule has 0 radical (unpaired) electrons. The molecule has 7 N–H and O–H groups in total. The van der Waals surface area contributed by atoms with Gasteiger partial charge in [0, 0.05) is 13.0 Å². The molecule has 1 heterocycles. The zero-order valence-electron chi connectivity index (χ0n) is 17.2. The Hall–Kier alpha value is -3.67. The van der Waals surface area contributed by atoms with E-state index in [1.54, 1.807) is 0 Å². The summed E-state index contributed by atoms with van der Waals surface area (Å²) in [6.07, 6.45) is -0.0257. The number of phenols is 1. The summed E-state index contributed by atoms with van der Waals surface area (Å²) in [4.78, 5) is 61.2. The smallest absolute Gasteiger partial charge is 0.326 e. The number of carbonyl (C=O) groups is 5. The summed E-state index contributed by atoms with van der Waals surface area (Å²) in [7, 11) is 0. The van der Waals surface area contributed by atoms with E-state index in [-0.39, 0.29) is 25.1 Å². The molecule has 1 fully saturated rings. The fourth-order valence-corrected chi connectivity index (χ4v) is 3.47. The molecular weight excluding hydrogens is 424 g/mol. The van der Waals surface area contributed by atoms with Gasteiger partial charge in [0.15, 0.2) is 0 Å². The summed E-state index contributed by atoms with van der Waals surface area (Å²) in [5.41, 5.74) is 5.79. The zero-order valence-corrected chi connectivity index (χ0v) is 17.2. The van der Waals surface area contributed by atoms with Gasteiger partial charge in [-0.3, -0.25) is 19.2 Å². The van der Waals surface area contributed by atoms with Crippen molar-refractivity contribution in [2.75, 3.05) is 13.1 Å². The number of phenolic OH excluding ortho intramolecular Hbond substituents is 1. The van der Waals surface area contributed by atoms with Crippen LogP contribution in [-0.4, -0.2) is 81.1 Å². The molecule has 32 heavy (non-hydrogen) atoms. The molecular formula is C20H26N4O8. The molecule has 1 aliphatic rings. The van der Waals surface area contributed by atoms with E-state index in [9.17, 15) is 34.2 Å². The van der Waals surface area contributed by atoms with E-state index in [1.807, 2.05) is 0 Å². The van der Waals surface area contributed by atoms with Crippen molar-refractivity contribution in [3.63, 3.8) is 0 Å². The molecule has 1 aromatic carbocycles. The van der Waals surface area contributed by atoms with Gasteiger partial charge in [-0.2, -0.15) is 0 Å². The SMILES string of the molecule is NCC(=O)NC(CC(=O)O)C(=O)N1CCCC1C(=O)NC(Cc1ccc(O)cc1)C(=O)O. The van der Waals surface area contributed by atoms with Crippen LogP contribution in [0.2, 0.25) is 0 Å². The van der Waals surface area contributed by atoms with E-state index in [1.165, 1.54) is 24.3 Å². The summed E-state index contributed by atoms with van der Waals surface area (Å²) >= 11 is 0. The minimum Gasteiger partial charge on any atom is -0.508 e. The van der Waals surface area contributed by atoms with Gasteiger partial charge in [-0.15, -0.1) is 0 Å². The number of carboxylic acid groups (broad SMARTS) is 2. The van der Waals surface area contributed by atoms with Crippen molar-refractivity contribution in [2.24, 2.45) is 5.73 Å². The first-order chi connectivity index (χ1) is 15.1. The lowest BCUT2D eigenvalue weighted by atomic mass is 10.0. The van der Waals surface area contributed by atoms with Crippen LogP contribution in [0.15, 0.2) is 24.3 Å². The highest BCUT2D eigenvalue weighted by Crippen LogP contribution is 2.20. The maximum Gasteiger partial charge on any atom is 0.326 e. The van der Waals surface area contributed by atoms with Gasteiger partial charge in [-0.1, -0.05) is 12.1 Å². The summed E-state index contributed by atoms with van der Waals surface area (Å²) in [5.74, 6) is -4.74. The van der Waals surface area contributed by atoms with Crippen molar-refractivity contribution in [1.29, 1.82) is 0 Å². The Morgan fingerprint density at radius 1 is 1.06 bits per heavy atom. The molecule has 1 aromatic rings. The molecule has 2 rings (SSSR count). The Balaban J connectivity index is 2.11. The Kier molecular flexibility index (Phi) is 8.53. The largest absolute Gasteiger partial charge is 0.508 e. The number of benzene rings is 1. The highest BCUT2D eigenvalue weighted by Gasteiger charge is 2.39. The van der Waals surface area contributed by atoms with Crippen LogP contribution in [0.1, 0.15) is 24.8 Å². The molecule has 3 unspecified atom stereocenters. The second-order valence-corrected chi connectivity index (χ2v) is 7.38. The number of rotatable bonds is 10. The lowest BCUT2D eigenvalue weighted by molar-refractivity contribution is -0.147. The standard InChI is InChI=1S/C20H26N4O8/c21-10-16(26)22-13(9-17(27)28)19(30)24-7-1-2-15(24)18(29)23-14(20(31)32)8-11-3-5-12(25)6-4-11/h3-6,13-15,25H,1-2,7-10,21H2,(H,22,26)(H,23,29)(H,27,28)(H,31,32). The monoisotopic (exact) mass is 450 g/mol. The molecule has 3 amide bonds. The minimum absolute atomic E-state index is 0.0161. The molecule has 0 spiro atoms. The first kappa shape index (κ1) is 24.6. The molecule has 12 heteroatoms. The lowest BCUT2D eigenvalue weighted by Gasteiger charge is -2.29. The first-order valence-corrected chi connectivity index (χ1v) is 9.95. The third kappa shape index (κ3) is 6.67. The summed E-state index contributed by atoms with van der Waals surface area (Å²) in [5, 5.41) is 32.6. The number of likely N-dealkylation sites (tertiary alicyclic amines) is 1. The average Bonchev–Trinajstić information content (AvgIpc) is 3.23. The zero-order chi connectivity index (χ0) is 23.8. The third-order valence-electron chi connectivity index (χ3n) is 5.03. The molecule has 0 aromatic heterocycles. The summed E-state index contributed by atoms with van der Waals surface area (Å²) in [6.45, 7) is -0.286. The molecule has 0 saturated carbocycles. The Morgan fingerprint density at radius 2 is 1.72 bits per heavy atom. The number of aromatic hydroxyl groups is 1. The molecule has 174 valence electrons. The van der Waals surface area contributed by atoms with E-state index in [4.69, 9.17) is 10.8 Å². The van der Waals surface area contributed by atoms with Gasteiger partial charge < -0.3 is 36.6 Å². The molecule has 1 aliphatic heterocycles. The van der Waals surface area contributed by atoms with E-state index < -0.39 is 60.8 Å². The predicted molar refractivity (Wildman–Crippen MR) is 109 cm³/mol. The molecule has 1 saturated heterocycles. The maximum atomic E-state index is 12.9. The van der Waals surface area contributed by atoms with Crippen LogP contribution in [0.25, 0.3) is 0 Å². The van der Waals surface area contributed by atoms with Crippen LogP contribution in [-0.2, 0) is 30.4 Å². The highest BCUT2D eigenvalue weighted by molar-refractivity contribution is 5.95. The van der Waals surface area contributed by atoms with Crippen molar-refractivity contribution in [3.05, 3.63) is 29.8 Å². The molecule has 0 aliphatic carbocycles. The Labute approximate surface area is 183 Å². The molecule has 0 bridgehead atoms. The topological polar surface area (TPSA) is 199 Å². The van der Waals surface area contributed by atoms with Crippen LogP contribution in [0.5, 0.6) is 5.75 Å². The number of nitrogens with one attached hydrogen (secondary N) is 2. The minimum atomic E-state index is -1.40. The fourth-order valence-electron chi connectivity index (χ4n) is 3.47. The molecule has 12 nitrogen and oxygen atoms in total. The van der Waals surface area contributed by atoms with E-state index in [2.05, 4.69) is 10.6 Å². The van der Waals surface area contributed by atoms with E-state index >= 15 is 0 Å². The fraction of sp³-hybridized carbons (Fsp3) is 0.450. The van der Waals surface area contributed by atoms with Crippen LogP contribution in [0, 0.1) is 0 Å². The number of carbonyl (C=O) groups excluding carboxylic acids is 3. The number of hydrogen-bond acceptors (Lipinski definition) is 7. The lowest BCUT2D eigenvalue weighted by Crippen LogP contribution is -2.56. The quantitative estimate of drug-likeness (QED) is 0.243. The normalized spacial score (nSPS) is 17.3. The van der Waals surface area contributed by atoms with E-state index in [0.717, 1.165) is 4.90 Å². The van der Waals surface area contributed by atoms with Gasteiger partial charge in [-0.05, 0) is 30.5 Å².